The molecule has 1 heterocycles. The summed E-state index contributed by atoms with van der Waals surface area (Å²) in [6.07, 6.45) is 1.54. The van der Waals surface area contributed by atoms with Gasteiger partial charge in [0.15, 0.2) is 10.2 Å². The van der Waals surface area contributed by atoms with Crippen LogP contribution in [0.2, 0.25) is 0 Å². The zero-order valence-electron chi connectivity index (χ0n) is 14.7. The van der Waals surface area contributed by atoms with Crippen LogP contribution in [0.25, 0.3) is 0 Å². The van der Waals surface area contributed by atoms with E-state index in [1.165, 1.54) is 23.5 Å². The van der Waals surface area contributed by atoms with Gasteiger partial charge in [0.05, 0.1) is 4.90 Å². The predicted molar refractivity (Wildman–Crippen MR) is 115 cm³/mol. The quantitative estimate of drug-likeness (QED) is 0.534. The number of hydrogen-bond donors (Lipinski definition) is 3. The summed E-state index contributed by atoms with van der Waals surface area (Å²) in [5, 5.41) is 8.68. The van der Waals surface area contributed by atoms with Crippen molar-refractivity contribution < 1.29 is 8.42 Å². The number of benzene rings is 2. The summed E-state index contributed by atoms with van der Waals surface area (Å²) in [6, 6.07) is 12.4. The standard InChI is InChI=1S/C18H18N4O2S3/c1-12-3-4-13(2)16(11-12)21-17(25)20-14-5-7-15(8-6-14)27(23,24)22-18-19-9-10-26-18/h3-11H,1-2H3,(H,19,22)(H2,20,21,25). The number of aryl methyl sites for hydroxylation is 2. The summed E-state index contributed by atoms with van der Waals surface area (Å²) in [4.78, 5) is 4.08. The molecule has 140 valence electrons. The summed E-state index contributed by atoms with van der Waals surface area (Å²) < 4.78 is 27.1. The van der Waals surface area contributed by atoms with Crippen molar-refractivity contribution in [3.63, 3.8) is 0 Å². The van der Waals surface area contributed by atoms with E-state index in [1.54, 1.807) is 23.7 Å². The number of anilines is 3. The highest BCUT2D eigenvalue weighted by Gasteiger charge is 2.15. The first-order valence-corrected chi connectivity index (χ1v) is 10.8. The molecule has 2 aromatic carbocycles. The molecule has 0 bridgehead atoms. The SMILES string of the molecule is Cc1ccc(C)c(NC(=S)Nc2ccc(S(=O)(=O)Nc3nccs3)cc2)c1. The maximum atomic E-state index is 12.3. The molecule has 0 amide bonds. The van der Waals surface area contributed by atoms with Crippen molar-refractivity contribution >= 4 is 55.2 Å². The topological polar surface area (TPSA) is 83.1 Å². The first-order valence-electron chi connectivity index (χ1n) is 8.01. The molecule has 3 aromatic rings. The summed E-state index contributed by atoms with van der Waals surface area (Å²) in [5.41, 5.74) is 3.83. The van der Waals surface area contributed by atoms with Gasteiger partial charge in [-0.25, -0.2) is 13.4 Å². The number of nitrogens with zero attached hydrogens (tertiary/aromatic N) is 1. The van der Waals surface area contributed by atoms with Gasteiger partial charge in [0.1, 0.15) is 0 Å². The highest BCUT2D eigenvalue weighted by molar-refractivity contribution is 7.93. The van der Waals surface area contributed by atoms with E-state index in [0.717, 1.165) is 16.8 Å². The zero-order chi connectivity index (χ0) is 19.4. The molecule has 0 atom stereocenters. The van der Waals surface area contributed by atoms with E-state index in [9.17, 15) is 8.42 Å². The second-order valence-electron chi connectivity index (χ2n) is 5.86. The lowest BCUT2D eigenvalue weighted by molar-refractivity contribution is 0.601. The Morgan fingerprint density at radius 2 is 1.81 bits per heavy atom. The van der Waals surface area contributed by atoms with E-state index in [0.29, 0.717) is 15.9 Å². The lowest BCUT2D eigenvalue weighted by Gasteiger charge is -2.13. The Bertz CT molecular complexity index is 1050. The highest BCUT2D eigenvalue weighted by atomic mass is 32.2. The average Bonchev–Trinajstić information content (AvgIpc) is 3.11. The van der Waals surface area contributed by atoms with Crippen LogP contribution in [0.4, 0.5) is 16.5 Å². The molecular formula is C18H18N4O2S3. The lowest BCUT2D eigenvalue weighted by Crippen LogP contribution is -2.20. The van der Waals surface area contributed by atoms with Crippen LogP contribution in [0, 0.1) is 13.8 Å². The molecule has 0 spiro atoms. The molecule has 0 unspecified atom stereocenters. The summed E-state index contributed by atoms with van der Waals surface area (Å²) in [5.74, 6) is 0. The average molecular weight is 419 g/mol. The minimum Gasteiger partial charge on any atom is -0.332 e. The summed E-state index contributed by atoms with van der Waals surface area (Å²) in [6.45, 7) is 4.01. The van der Waals surface area contributed by atoms with Crippen LogP contribution in [0.15, 0.2) is 58.9 Å². The van der Waals surface area contributed by atoms with Gasteiger partial charge in [0.2, 0.25) is 0 Å². The van der Waals surface area contributed by atoms with Crippen molar-refractivity contribution in [1.29, 1.82) is 0 Å². The largest absolute Gasteiger partial charge is 0.332 e. The summed E-state index contributed by atoms with van der Waals surface area (Å²) in [7, 11) is -3.67. The minimum atomic E-state index is -3.67. The van der Waals surface area contributed by atoms with E-state index in [2.05, 4.69) is 20.3 Å². The van der Waals surface area contributed by atoms with Gasteiger partial charge in [0, 0.05) is 23.0 Å². The first kappa shape index (κ1) is 19.3. The van der Waals surface area contributed by atoms with Gasteiger partial charge < -0.3 is 10.6 Å². The van der Waals surface area contributed by atoms with Gasteiger partial charge in [-0.1, -0.05) is 12.1 Å². The Kier molecular flexibility index (Phi) is 5.73. The Hall–Kier alpha value is -2.49. The van der Waals surface area contributed by atoms with Gasteiger partial charge in [-0.2, -0.15) is 0 Å². The molecule has 0 radical (unpaired) electrons. The van der Waals surface area contributed by atoms with Crippen LogP contribution >= 0.6 is 23.6 Å². The Morgan fingerprint density at radius 3 is 2.48 bits per heavy atom. The molecule has 0 saturated heterocycles. The van der Waals surface area contributed by atoms with Gasteiger partial charge >= 0.3 is 0 Å². The van der Waals surface area contributed by atoms with Crippen LogP contribution in [0.3, 0.4) is 0 Å². The summed E-state index contributed by atoms with van der Waals surface area (Å²) >= 11 is 6.56. The number of thiocarbonyl (C=S) groups is 1. The number of sulfonamides is 1. The second kappa shape index (κ2) is 8.03. The van der Waals surface area contributed by atoms with E-state index < -0.39 is 10.0 Å². The number of hydrogen-bond acceptors (Lipinski definition) is 5. The fourth-order valence-corrected chi connectivity index (χ4v) is 4.34. The molecule has 0 saturated carbocycles. The van der Waals surface area contributed by atoms with E-state index in [1.807, 2.05) is 32.0 Å². The van der Waals surface area contributed by atoms with Crippen molar-refractivity contribution in [3.8, 4) is 0 Å². The van der Waals surface area contributed by atoms with Crippen molar-refractivity contribution in [2.45, 2.75) is 18.7 Å². The van der Waals surface area contributed by atoms with Crippen molar-refractivity contribution in [1.82, 2.24) is 4.98 Å². The smallest absolute Gasteiger partial charge is 0.263 e. The molecule has 0 aliphatic carbocycles. The first-order chi connectivity index (χ1) is 12.8. The van der Waals surface area contributed by atoms with Crippen LogP contribution in [-0.2, 0) is 10.0 Å². The van der Waals surface area contributed by atoms with Gasteiger partial charge in [-0.05, 0) is 67.5 Å². The minimum absolute atomic E-state index is 0.150. The molecule has 0 aliphatic heterocycles. The van der Waals surface area contributed by atoms with Crippen molar-refractivity contribution in [3.05, 3.63) is 65.2 Å². The molecule has 1 aromatic heterocycles. The molecule has 6 nitrogen and oxygen atoms in total. The Morgan fingerprint density at radius 1 is 1.07 bits per heavy atom. The zero-order valence-corrected chi connectivity index (χ0v) is 17.1. The van der Waals surface area contributed by atoms with Gasteiger partial charge in [-0.15, -0.1) is 11.3 Å². The maximum absolute atomic E-state index is 12.3. The number of nitrogens with one attached hydrogen (secondary N) is 3. The predicted octanol–water partition coefficient (Wildman–Crippen LogP) is 4.37. The Balaban J connectivity index is 1.66. The van der Waals surface area contributed by atoms with Crippen LogP contribution < -0.4 is 15.4 Å². The van der Waals surface area contributed by atoms with E-state index >= 15 is 0 Å². The van der Waals surface area contributed by atoms with Crippen molar-refractivity contribution in [2.75, 3.05) is 15.4 Å². The third kappa shape index (κ3) is 5.03. The van der Waals surface area contributed by atoms with Crippen LogP contribution in [-0.4, -0.2) is 18.5 Å². The Labute approximate surface area is 167 Å². The molecule has 0 fully saturated rings. The van der Waals surface area contributed by atoms with Crippen molar-refractivity contribution in [2.24, 2.45) is 0 Å². The number of rotatable bonds is 5. The normalized spacial score (nSPS) is 11.0. The van der Waals surface area contributed by atoms with Gasteiger partial charge in [0.25, 0.3) is 10.0 Å². The molecular weight excluding hydrogens is 400 g/mol. The molecule has 27 heavy (non-hydrogen) atoms. The fourth-order valence-electron chi connectivity index (χ4n) is 2.32. The second-order valence-corrected chi connectivity index (χ2v) is 8.85. The maximum Gasteiger partial charge on any atom is 0.263 e. The molecule has 3 N–H and O–H groups in total. The van der Waals surface area contributed by atoms with E-state index in [4.69, 9.17) is 12.2 Å². The third-order valence-corrected chi connectivity index (χ3v) is 6.09. The van der Waals surface area contributed by atoms with Crippen LogP contribution in [0.1, 0.15) is 11.1 Å². The molecule has 0 aliphatic rings. The number of thiazole rings is 1. The molecule has 3 rings (SSSR count). The number of aromatic nitrogens is 1. The van der Waals surface area contributed by atoms with E-state index in [-0.39, 0.29) is 4.90 Å². The fraction of sp³-hybridized carbons (Fsp3) is 0.111. The monoisotopic (exact) mass is 418 g/mol. The van der Waals surface area contributed by atoms with Gasteiger partial charge in [-0.3, -0.25) is 4.72 Å². The third-order valence-electron chi connectivity index (χ3n) is 3.72. The van der Waals surface area contributed by atoms with Crippen LogP contribution in [0.5, 0.6) is 0 Å². The molecule has 9 heteroatoms. The highest BCUT2D eigenvalue weighted by Crippen LogP contribution is 2.20. The lowest BCUT2D eigenvalue weighted by atomic mass is 10.1.